The highest BCUT2D eigenvalue weighted by Gasteiger charge is 2.18. The van der Waals surface area contributed by atoms with Gasteiger partial charge in [-0.05, 0) is 49.0 Å². The van der Waals surface area contributed by atoms with Crippen molar-refractivity contribution in [2.45, 2.75) is 26.8 Å². The van der Waals surface area contributed by atoms with E-state index < -0.39 is 0 Å². The average molecular weight is 301 g/mol. The third kappa shape index (κ3) is 2.53. The molecule has 0 aliphatic rings. The number of hydrogen-bond donors (Lipinski definition) is 1. The summed E-state index contributed by atoms with van der Waals surface area (Å²) in [6.07, 6.45) is 0. The molecule has 0 radical (unpaired) electrons. The van der Waals surface area contributed by atoms with Gasteiger partial charge in [-0.3, -0.25) is 0 Å². The van der Waals surface area contributed by atoms with Crippen LogP contribution in [0.15, 0.2) is 35.7 Å². The van der Waals surface area contributed by atoms with Crippen molar-refractivity contribution in [2.75, 3.05) is 6.54 Å². The van der Waals surface area contributed by atoms with Crippen molar-refractivity contribution in [2.24, 2.45) is 0 Å². The number of benzene rings is 1. The molecule has 104 valence electrons. The summed E-state index contributed by atoms with van der Waals surface area (Å²) in [4.78, 5) is 1.42. The zero-order valence-corrected chi connectivity index (χ0v) is 13.7. The Labute approximate surface area is 128 Å². The lowest BCUT2D eigenvalue weighted by Crippen LogP contribution is -2.21. The van der Waals surface area contributed by atoms with E-state index in [-0.39, 0.29) is 0 Å². The minimum Gasteiger partial charge on any atom is -0.306 e. The molecule has 0 bridgehead atoms. The molecule has 3 rings (SSSR count). The number of thiophene rings is 2. The summed E-state index contributed by atoms with van der Waals surface area (Å²) in [5.41, 5.74) is 4.09. The summed E-state index contributed by atoms with van der Waals surface area (Å²) in [6.45, 7) is 7.51. The van der Waals surface area contributed by atoms with E-state index in [4.69, 9.17) is 0 Å². The zero-order chi connectivity index (χ0) is 14.1. The van der Waals surface area contributed by atoms with E-state index in [0.29, 0.717) is 6.04 Å². The monoisotopic (exact) mass is 301 g/mol. The number of nitrogens with one attached hydrogen (secondary N) is 1. The molecule has 0 aliphatic heterocycles. The Hall–Kier alpha value is -1.16. The van der Waals surface area contributed by atoms with E-state index in [1.165, 1.54) is 31.0 Å². The van der Waals surface area contributed by atoms with Crippen LogP contribution < -0.4 is 5.32 Å². The van der Waals surface area contributed by atoms with Crippen LogP contribution in [0.25, 0.3) is 9.40 Å². The minimum absolute atomic E-state index is 0.310. The molecule has 0 spiro atoms. The van der Waals surface area contributed by atoms with E-state index in [1.54, 1.807) is 0 Å². The molecule has 0 saturated carbocycles. The smallest absolute Gasteiger partial charge is 0.0674 e. The van der Waals surface area contributed by atoms with Gasteiger partial charge in [0.25, 0.3) is 0 Å². The molecule has 2 heterocycles. The van der Waals surface area contributed by atoms with Crippen LogP contribution in [0.4, 0.5) is 0 Å². The molecule has 0 amide bonds. The summed E-state index contributed by atoms with van der Waals surface area (Å²) in [5.74, 6) is 0. The minimum atomic E-state index is 0.310. The SMILES string of the molecule is CCNC(c1cc2sccc2s1)c1ccc(C)cc1C. The first-order valence-electron chi connectivity index (χ1n) is 6.96. The van der Waals surface area contributed by atoms with Gasteiger partial charge >= 0.3 is 0 Å². The van der Waals surface area contributed by atoms with Crippen molar-refractivity contribution < 1.29 is 0 Å². The molecule has 20 heavy (non-hydrogen) atoms. The van der Waals surface area contributed by atoms with Crippen LogP contribution in [0, 0.1) is 13.8 Å². The van der Waals surface area contributed by atoms with Gasteiger partial charge in [-0.25, -0.2) is 0 Å². The highest BCUT2D eigenvalue weighted by Crippen LogP contribution is 2.36. The first-order chi connectivity index (χ1) is 9.69. The van der Waals surface area contributed by atoms with E-state index >= 15 is 0 Å². The second-order valence-electron chi connectivity index (χ2n) is 5.15. The fourth-order valence-electron chi connectivity index (χ4n) is 2.64. The Balaban J connectivity index is 2.05. The summed E-state index contributed by atoms with van der Waals surface area (Å²) >= 11 is 3.74. The van der Waals surface area contributed by atoms with Crippen LogP contribution >= 0.6 is 22.7 Å². The maximum Gasteiger partial charge on any atom is 0.0674 e. The fraction of sp³-hybridized carbons (Fsp3) is 0.294. The highest BCUT2D eigenvalue weighted by atomic mass is 32.1. The standard InChI is InChI=1S/C17H19NS2/c1-4-18-17(13-6-5-11(2)9-12(13)3)16-10-15-14(20-16)7-8-19-15/h5-10,17-18H,4H2,1-3H3. The van der Waals surface area contributed by atoms with Gasteiger partial charge in [0.15, 0.2) is 0 Å². The fourth-order valence-corrected chi connectivity index (χ4v) is 4.86. The van der Waals surface area contributed by atoms with Crippen molar-refractivity contribution in [3.05, 3.63) is 57.3 Å². The van der Waals surface area contributed by atoms with Crippen LogP contribution in [-0.2, 0) is 0 Å². The maximum absolute atomic E-state index is 3.64. The second kappa shape index (κ2) is 5.68. The van der Waals surface area contributed by atoms with Gasteiger partial charge in [0.05, 0.1) is 6.04 Å². The van der Waals surface area contributed by atoms with E-state index in [9.17, 15) is 0 Å². The van der Waals surface area contributed by atoms with Gasteiger partial charge in [-0.1, -0.05) is 30.7 Å². The molecule has 3 aromatic rings. The Kier molecular flexibility index (Phi) is 3.92. The normalized spacial score (nSPS) is 12.9. The van der Waals surface area contributed by atoms with Crippen molar-refractivity contribution in [1.82, 2.24) is 5.32 Å². The maximum atomic E-state index is 3.64. The lowest BCUT2D eigenvalue weighted by molar-refractivity contribution is 0.637. The van der Waals surface area contributed by atoms with Crippen molar-refractivity contribution in [3.8, 4) is 0 Å². The number of hydrogen-bond acceptors (Lipinski definition) is 3. The van der Waals surface area contributed by atoms with Crippen LogP contribution in [0.2, 0.25) is 0 Å². The summed E-state index contributed by atoms with van der Waals surface area (Å²) < 4.78 is 2.80. The molecule has 2 aromatic heterocycles. The first-order valence-corrected chi connectivity index (χ1v) is 8.66. The molecule has 1 N–H and O–H groups in total. The van der Waals surface area contributed by atoms with Gasteiger partial charge in [-0.15, -0.1) is 22.7 Å². The molecular weight excluding hydrogens is 282 g/mol. The quantitative estimate of drug-likeness (QED) is 0.691. The van der Waals surface area contributed by atoms with E-state index in [1.807, 2.05) is 22.7 Å². The Bertz CT molecular complexity index is 695. The molecule has 0 aliphatic carbocycles. The third-order valence-corrected chi connectivity index (χ3v) is 5.75. The Morgan fingerprint density at radius 1 is 1.10 bits per heavy atom. The lowest BCUT2D eigenvalue weighted by atomic mass is 9.98. The molecule has 1 nitrogen and oxygen atoms in total. The lowest BCUT2D eigenvalue weighted by Gasteiger charge is -2.19. The van der Waals surface area contributed by atoms with Gasteiger partial charge in [0, 0.05) is 14.3 Å². The van der Waals surface area contributed by atoms with Crippen LogP contribution in [-0.4, -0.2) is 6.54 Å². The van der Waals surface area contributed by atoms with Crippen molar-refractivity contribution in [1.29, 1.82) is 0 Å². The second-order valence-corrected chi connectivity index (χ2v) is 7.21. The highest BCUT2D eigenvalue weighted by molar-refractivity contribution is 7.27. The molecule has 0 fully saturated rings. The predicted octanol–water partition coefficient (Wildman–Crippen LogP) is 5.28. The third-order valence-electron chi connectivity index (χ3n) is 3.59. The van der Waals surface area contributed by atoms with Gasteiger partial charge in [0.2, 0.25) is 0 Å². The topological polar surface area (TPSA) is 12.0 Å². The molecular formula is C17H19NS2. The van der Waals surface area contributed by atoms with Gasteiger partial charge < -0.3 is 5.32 Å². The number of fused-ring (bicyclic) bond motifs is 1. The first kappa shape index (κ1) is 13.8. The van der Waals surface area contributed by atoms with Gasteiger partial charge in [0.1, 0.15) is 0 Å². The zero-order valence-electron chi connectivity index (χ0n) is 12.1. The molecule has 0 saturated heterocycles. The van der Waals surface area contributed by atoms with Gasteiger partial charge in [-0.2, -0.15) is 0 Å². The number of rotatable bonds is 4. The largest absolute Gasteiger partial charge is 0.306 e. The Morgan fingerprint density at radius 3 is 2.65 bits per heavy atom. The Morgan fingerprint density at radius 2 is 1.95 bits per heavy atom. The molecule has 1 aromatic carbocycles. The van der Waals surface area contributed by atoms with Crippen molar-refractivity contribution >= 4 is 32.1 Å². The molecule has 1 unspecified atom stereocenters. The molecule has 3 heteroatoms. The van der Waals surface area contributed by atoms with Crippen LogP contribution in [0.3, 0.4) is 0 Å². The summed E-state index contributed by atoms with van der Waals surface area (Å²) in [5, 5.41) is 5.81. The van der Waals surface area contributed by atoms with Crippen LogP contribution in [0.1, 0.15) is 34.5 Å². The average Bonchev–Trinajstić information content (AvgIpc) is 2.97. The van der Waals surface area contributed by atoms with Crippen molar-refractivity contribution in [3.63, 3.8) is 0 Å². The van der Waals surface area contributed by atoms with Crippen LogP contribution in [0.5, 0.6) is 0 Å². The predicted molar refractivity (Wildman–Crippen MR) is 91.1 cm³/mol. The summed E-state index contributed by atoms with van der Waals surface area (Å²) in [7, 11) is 0. The molecule has 1 atom stereocenters. The van der Waals surface area contributed by atoms with E-state index in [2.05, 4.69) is 61.8 Å². The summed E-state index contributed by atoms with van der Waals surface area (Å²) in [6, 6.07) is 11.6. The number of aryl methyl sites for hydroxylation is 2. The van der Waals surface area contributed by atoms with E-state index in [0.717, 1.165) is 6.54 Å².